The summed E-state index contributed by atoms with van der Waals surface area (Å²) < 4.78 is 0. The number of nitrogens with one attached hydrogen (secondary N) is 1. The summed E-state index contributed by atoms with van der Waals surface area (Å²) in [5.74, 6) is 0.829. The van der Waals surface area contributed by atoms with Crippen molar-refractivity contribution in [3.05, 3.63) is 0 Å². The van der Waals surface area contributed by atoms with Crippen molar-refractivity contribution in [2.24, 2.45) is 11.8 Å². The van der Waals surface area contributed by atoms with E-state index in [9.17, 15) is 4.79 Å². The third-order valence-electron chi connectivity index (χ3n) is 2.58. The molecule has 0 aromatic carbocycles. The molecule has 2 unspecified atom stereocenters. The first-order valence-corrected chi connectivity index (χ1v) is 5.33. The predicted octanol–water partition coefficient (Wildman–Crippen LogP) is 2.58. The SMILES string of the molecule is CCC(C)NC(=O)C(CC)C(C)C. The number of carbonyl (C=O) groups excluding carboxylic acids is 1. The molecule has 78 valence electrons. The van der Waals surface area contributed by atoms with Crippen LogP contribution >= 0.6 is 0 Å². The Hall–Kier alpha value is -0.530. The number of hydrogen-bond donors (Lipinski definition) is 1. The van der Waals surface area contributed by atoms with Crippen LogP contribution in [0.15, 0.2) is 0 Å². The van der Waals surface area contributed by atoms with Gasteiger partial charge in [0.25, 0.3) is 0 Å². The fraction of sp³-hybridized carbons (Fsp3) is 0.909. The molecule has 0 rings (SSSR count). The van der Waals surface area contributed by atoms with Gasteiger partial charge in [0.15, 0.2) is 0 Å². The van der Waals surface area contributed by atoms with Gasteiger partial charge in [-0.05, 0) is 25.7 Å². The fourth-order valence-corrected chi connectivity index (χ4v) is 1.41. The molecule has 0 fully saturated rings. The highest BCUT2D eigenvalue weighted by Crippen LogP contribution is 2.14. The van der Waals surface area contributed by atoms with Crippen molar-refractivity contribution in [2.45, 2.75) is 53.5 Å². The van der Waals surface area contributed by atoms with Crippen LogP contribution in [0.2, 0.25) is 0 Å². The van der Waals surface area contributed by atoms with Gasteiger partial charge in [-0.3, -0.25) is 4.79 Å². The van der Waals surface area contributed by atoms with Gasteiger partial charge in [0, 0.05) is 12.0 Å². The molecule has 1 amide bonds. The fourth-order valence-electron chi connectivity index (χ4n) is 1.41. The van der Waals surface area contributed by atoms with Gasteiger partial charge in [-0.25, -0.2) is 0 Å². The van der Waals surface area contributed by atoms with Crippen LogP contribution in [0.1, 0.15) is 47.5 Å². The molecular formula is C11H23NO. The van der Waals surface area contributed by atoms with Gasteiger partial charge in [0.1, 0.15) is 0 Å². The van der Waals surface area contributed by atoms with Crippen LogP contribution in [0.4, 0.5) is 0 Å². The molecule has 0 saturated carbocycles. The highest BCUT2D eigenvalue weighted by atomic mass is 16.1. The van der Waals surface area contributed by atoms with E-state index in [2.05, 4.69) is 33.0 Å². The summed E-state index contributed by atoms with van der Waals surface area (Å²) in [7, 11) is 0. The second-order valence-corrected chi connectivity index (χ2v) is 4.08. The van der Waals surface area contributed by atoms with E-state index in [1.54, 1.807) is 0 Å². The largest absolute Gasteiger partial charge is 0.353 e. The van der Waals surface area contributed by atoms with E-state index in [0.29, 0.717) is 12.0 Å². The topological polar surface area (TPSA) is 29.1 Å². The zero-order valence-corrected chi connectivity index (χ0v) is 9.55. The first kappa shape index (κ1) is 12.5. The van der Waals surface area contributed by atoms with Crippen molar-refractivity contribution in [1.29, 1.82) is 0 Å². The quantitative estimate of drug-likeness (QED) is 0.701. The number of amides is 1. The molecule has 1 N–H and O–H groups in total. The minimum absolute atomic E-state index is 0.175. The lowest BCUT2D eigenvalue weighted by molar-refractivity contribution is -0.127. The minimum atomic E-state index is 0.175. The second-order valence-electron chi connectivity index (χ2n) is 4.08. The van der Waals surface area contributed by atoms with Crippen LogP contribution < -0.4 is 5.32 Å². The molecular weight excluding hydrogens is 162 g/mol. The maximum Gasteiger partial charge on any atom is 0.223 e. The summed E-state index contributed by atoms with van der Waals surface area (Å²) in [4.78, 5) is 11.7. The summed E-state index contributed by atoms with van der Waals surface area (Å²) in [6.07, 6.45) is 1.93. The van der Waals surface area contributed by atoms with Crippen molar-refractivity contribution in [2.75, 3.05) is 0 Å². The van der Waals surface area contributed by atoms with Crippen molar-refractivity contribution in [3.63, 3.8) is 0 Å². The second kappa shape index (κ2) is 6.01. The zero-order valence-electron chi connectivity index (χ0n) is 9.55. The molecule has 0 saturated heterocycles. The molecule has 0 aliphatic carbocycles. The normalized spacial score (nSPS) is 15.5. The van der Waals surface area contributed by atoms with Gasteiger partial charge in [-0.15, -0.1) is 0 Å². The van der Waals surface area contributed by atoms with Gasteiger partial charge >= 0.3 is 0 Å². The van der Waals surface area contributed by atoms with E-state index >= 15 is 0 Å². The summed E-state index contributed by atoms with van der Waals surface area (Å²) in [6.45, 7) is 10.4. The van der Waals surface area contributed by atoms with E-state index < -0.39 is 0 Å². The monoisotopic (exact) mass is 185 g/mol. The lowest BCUT2D eigenvalue weighted by Crippen LogP contribution is -2.38. The molecule has 13 heavy (non-hydrogen) atoms. The van der Waals surface area contributed by atoms with Crippen LogP contribution in [0, 0.1) is 11.8 Å². The van der Waals surface area contributed by atoms with E-state index in [1.165, 1.54) is 0 Å². The van der Waals surface area contributed by atoms with E-state index in [4.69, 9.17) is 0 Å². The first-order chi connectivity index (χ1) is 6.02. The Kier molecular flexibility index (Phi) is 5.76. The average molecular weight is 185 g/mol. The number of rotatable bonds is 5. The van der Waals surface area contributed by atoms with Gasteiger partial charge < -0.3 is 5.32 Å². The van der Waals surface area contributed by atoms with Crippen LogP contribution in [0.5, 0.6) is 0 Å². The third-order valence-corrected chi connectivity index (χ3v) is 2.58. The maximum atomic E-state index is 11.7. The Labute approximate surface area is 82.1 Å². The third kappa shape index (κ3) is 4.30. The molecule has 0 aliphatic rings. The number of hydrogen-bond acceptors (Lipinski definition) is 1. The molecule has 2 heteroatoms. The Morgan fingerprint density at radius 2 is 1.69 bits per heavy atom. The minimum Gasteiger partial charge on any atom is -0.353 e. The van der Waals surface area contributed by atoms with Crippen LogP contribution in [0.3, 0.4) is 0 Å². The first-order valence-electron chi connectivity index (χ1n) is 5.33. The Balaban J connectivity index is 4.06. The van der Waals surface area contributed by atoms with Crippen molar-refractivity contribution >= 4 is 5.91 Å². The molecule has 2 atom stereocenters. The highest BCUT2D eigenvalue weighted by molar-refractivity contribution is 5.79. The lowest BCUT2D eigenvalue weighted by atomic mass is 9.92. The Bertz CT molecular complexity index is 154. The van der Waals surface area contributed by atoms with Gasteiger partial charge in [-0.2, -0.15) is 0 Å². The average Bonchev–Trinajstić information content (AvgIpc) is 2.04. The van der Waals surface area contributed by atoms with Gasteiger partial charge in [0.2, 0.25) is 5.91 Å². The molecule has 0 aromatic heterocycles. The summed E-state index contributed by atoms with van der Waals surface area (Å²) in [5, 5.41) is 3.02. The molecule has 0 bridgehead atoms. The molecule has 0 aliphatic heterocycles. The van der Waals surface area contributed by atoms with E-state index in [0.717, 1.165) is 12.8 Å². The summed E-state index contributed by atoms with van der Waals surface area (Å²) in [6, 6.07) is 0.306. The molecule has 0 radical (unpaired) electrons. The van der Waals surface area contributed by atoms with Crippen molar-refractivity contribution in [3.8, 4) is 0 Å². The van der Waals surface area contributed by atoms with Gasteiger partial charge in [-0.1, -0.05) is 27.7 Å². The maximum absolute atomic E-state index is 11.7. The van der Waals surface area contributed by atoms with Crippen molar-refractivity contribution in [1.82, 2.24) is 5.32 Å². The Morgan fingerprint density at radius 3 is 2.00 bits per heavy atom. The van der Waals surface area contributed by atoms with E-state index in [-0.39, 0.29) is 11.8 Å². The number of carbonyl (C=O) groups is 1. The van der Waals surface area contributed by atoms with E-state index in [1.807, 2.05) is 6.92 Å². The highest BCUT2D eigenvalue weighted by Gasteiger charge is 2.20. The van der Waals surface area contributed by atoms with Crippen LogP contribution in [-0.4, -0.2) is 11.9 Å². The molecule has 0 spiro atoms. The van der Waals surface area contributed by atoms with Crippen LogP contribution in [-0.2, 0) is 4.79 Å². The molecule has 0 heterocycles. The smallest absolute Gasteiger partial charge is 0.223 e. The molecule has 2 nitrogen and oxygen atoms in total. The molecule has 0 aromatic rings. The Morgan fingerprint density at radius 1 is 1.15 bits per heavy atom. The lowest BCUT2D eigenvalue weighted by Gasteiger charge is -2.21. The standard InChI is InChI=1S/C11H23NO/c1-6-9(5)12-11(13)10(7-2)8(3)4/h8-10H,6-7H2,1-5H3,(H,12,13). The summed E-state index contributed by atoms with van der Waals surface area (Å²) >= 11 is 0. The van der Waals surface area contributed by atoms with Gasteiger partial charge in [0.05, 0.1) is 0 Å². The van der Waals surface area contributed by atoms with Crippen molar-refractivity contribution < 1.29 is 4.79 Å². The zero-order chi connectivity index (χ0) is 10.4. The van der Waals surface area contributed by atoms with Crippen LogP contribution in [0.25, 0.3) is 0 Å². The predicted molar refractivity (Wildman–Crippen MR) is 56.5 cm³/mol. The summed E-state index contributed by atoms with van der Waals surface area (Å²) in [5.41, 5.74) is 0.